The van der Waals surface area contributed by atoms with Crippen LogP contribution < -0.4 is 0 Å². The minimum Gasteiger partial charge on any atom is -0.466 e. The number of carbonyl (C=O) groups excluding carboxylic acids is 1. The summed E-state index contributed by atoms with van der Waals surface area (Å²) >= 11 is -1.92. The lowest BCUT2D eigenvalue weighted by atomic mass is 10.2. The van der Waals surface area contributed by atoms with Gasteiger partial charge in [-0.05, 0) is 6.92 Å². The number of esters is 1. The van der Waals surface area contributed by atoms with Gasteiger partial charge in [-0.2, -0.15) is 0 Å². The van der Waals surface area contributed by atoms with Crippen LogP contribution >= 0.6 is 0 Å². The van der Waals surface area contributed by atoms with Crippen molar-refractivity contribution >= 4 is 17.0 Å². The monoisotopic (exact) mass is 180 g/mol. The predicted molar refractivity (Wildman–Crippen MR) is 41.4 cm³/mol. The smallest absolute Gasteiger partial charge is 0.309 e. The maximum absolute atomic E-state index is 10.8. The van der Waals surface area contributed by atoms with Crippen molar-refractivity contribution in [1.82, 2.24) is 0 Å². The molecule has 0 aliphatic rings. The van der Waals surface area contributed by atoms with Crippen LogP contribution in [0.3, 0.4) is 0 Å². The zero-order chi connectivity index (χ0) is 8.85. The van der Waals surface area contributed by atoms with Crippen molar-refractivity contribution < 1.29 is 18.3 Å². The normalized spacial score (nSPS) is 15.5. The molecule has 0 saturated carbocycles. The number of rotatable bonds is 4. The predicted octanol–water partition coefficient (Wildman–Crippen LogP) is 0.407. The van der Waals surface area contributed by atoms with E-state index in [1.54, 1.807) is 13.8 Å². The maximum atomic E-state index is 10.8. The van der Waals surface area contributed by atoms with E-state index in [2.05, 4.69) is 4.74 Å². The van der Waals surface area contributed by atoms with Crippen LogP contribution in [0.15, 0.2) is 0 Å². The van der Waals surface area contributed by atoms with Gasteiger partial charge in [-0.15, -0.1) is 0 Å². The molecule has 2 unspecified atom stereocenters. The van der Waals surface area contributed by atoms with Crippen LogP contribution in [0.2, 0.25) is 0 Å². The Kier molecular flexibility index (Phi) is 5.06. The molecule has 4 nitrogen and oxygen atoms in total. The minimum atomic E-state index is -1.92. The molecule has 66 valence electrons. The summed E-state index contributed by atoms with van der Waals surface area (Å²) in [6, 6.07) is 0. The van der Waals surface area contributed by atoms with Crippen LogP contribution in [0.25, 0.3) is 0 Å². The molecule has 0 aliphatic carbocycles. The summed E-state index contributed by atoms with van der Waals surface area (Å²) < 4.78 is 23.2. The van der Waals surface area contributed by atoms with Gasteiger partial charge in [-0.25, -0.2) is 4.21 Å². The van der Waals surface area contributed by atoms with Gasteiger partial charge in [0.1, 0.15) is 0 Å². The van der Waals surface area contributed by atoms with Crippen molar-refractivity contribution in [3.63, 3.8) is 0 Å². The number of hydrogen-bond donors (Lipinski definition) is 1. The summed E-state index contributed by atoms with van der Waals surface area (Å²) in [5, 5.41) is 0. The summed E-state index contributed by atoms with van der Waals surface area (Å²) in [6.45, 7) is 3.56. The Labute approximate surface area is 68.2 Å². The molecular weight excluding hydrogens is 168 g/mol. The van der Waals surface area contributed by atoms with Gasteiger partial charge >= 0.3 is 5.97 Å². The third-order valence-corrected chi connectivity index (χ3v) is 1.87. The van der Waals surface area contributed by atoms with Crippen molar-refractivity contribution in [3.05, 3.63) is 0 Å². The Balaban J connectivity index is 3.73. The highest BCUT2D eigenvalue weighted by Crippen LogP contribution is 1.99. The van der Waals surface area contributed by atoms with Crippen LogP contribution in [-0.2, 0) is 20.6 Å². The van der Waals surface area contributed by atoms with E-state index in [0.29, 0.717) is 6.61 Å². The molecule has 0 aliphatic heterocycles. The highest BCUT2D eigenvalue weighted by atomic mass is 32.2. The quantitative estimate of drug-likeness (QED) is 0.502. The van der Waals surface area contributed by atoms with Crippen LogP contribution in [0, 0.1) is 5.92 Å². The summed E-state index contributed by atoms with van der Waals surface area (Å²) in [7, 11) is 0. The Morgan fingerprint density at radius 2 is 2.27 bits per heavy atom. The fourth-order valence-corrected chi connectivity index (χ4v) is 1.13. The van der Waals surface area contributed by atoms with Gasteiger partial charge in [0.25, 0.3) is 0 Å². The molecule has 11 heavy (non-hydrogen) atoms. The number of hydrogen-bond acceptors (Lipinski definition) is 3. The first-order valence-corrected chi connectivity index (χ1v) is 4.59. The number of carbonyl (C=O) groups is 1. The molecule has 0 rings (SSSR count). The molecule has 5 heteroatoms. The largest absolute Gasteiger partial charge is 0.466 e. The van der Waals surface area contributed by atoms with E-state index in [1.165, 1.54) is 0 Å². The molecule has 0 aromatic heterocycles. The summed E-state index contributed by atoms with van der Waals surface area (Å²) in [5.41, 5.74) is 0. The summed E-state index contributed by atoms with van der Waals surface area (Å²) in [4.78, 5) is 10.8. The molecule has 0 heterocycles. The highest BCUT2D eigenvalue weighted by molar-refractivity contribution is 7.79. The second-order valence-electron chi connectivity index (χ2n) is 2.14. The molecule has 0 spiro atoms. The Morgan fingerprint density at radius 1 is 1.73 bits per heavy atom. The van der Waals surface area contributed by atoms with E-state index in [0.717, 1.165) is 0 Å². The minimum absolute atomic E-state index is 0.0567. The molecular formula is C6H12O4S. The van der Waals surface area contributed by atoms with E-state index in [4.69, 9.17) is 4.55 Å². The zero-order valence-electron chi connectivity index (χ0n) is 6.57. The standard InChI is InChI=1S/C6H12O4S/c1-3-10-6(7)5(2)4-11(8)9/h5H,3-4H2,1-2H3,(H,8,9). The average Bonchev–Trinajstić information content (AvgIpc) is 1.86. The zero-order valence-corrected chi connectivity index (χ0v) is 7.39. The summed E-state index contributed by atoms with van der Waals surface area (Å²) in [6.07, 6.45) is 0. The average molecular weight is 180 g/mol. The first-order valence-electron chi connectivity index (χ1n) is 3.32. The van der Waals surface area contributed by atoms with Crippen molar-refractivity contribution in [3.8, 4) is 0 Å². The molecule has 0 bridgehead atoms. The first-order chi connectivity index (χ1) is 5.07. The van der Waals surface area contributed by atoms with E-state index in [1.807, 2.05) is 0 Å². The van der Waals surface area contributed by atoms with E-state index in [9.17, 15) is 9.00 Å². The topological polar surface area (TPSA) is 63.6 Å². The highest BCUT2D eigenvalue weighted by Gasteiger charge is 2.15. The van der Waals surface area contributed by atoms with Gasteiger partial charge in [-0.3, -0.25) is 4.79 Å². The van der Waals surface area contributed by atoms with Gasteiger partial charge in [0.2, 0.25) is 0 Å². The third-order valence-electron chi connectivity index (χ3n) is 1.08. The van der Waals surface area contributed by atoms with Crippen LogP contribution in [0.1, 0.15) is 13.8 Å². The number of ether oxygens (including phenoxy) is 1. The fourth-order valence-electron chi connectivity index (χ4n) is 0.566. The van der Waals surface area contributed by atoms with Crippen molar-refractivity contribution in [2.75, 3.05) is 12.4 Å². The van der Waals surface area contributed by atoms with Crippen LogP contribution in [0.5, 0.6) is 0 Å². The van der Waals surface area contributed by atoms with E-state index in [-0.39, 0.29) is 5.75 Å². The van der Waals surface area contributed by atoms with Crippen molar-refractivity contribution in [2.24, 2.45) is 5.92 Å². The third kappa shape index (κ3) is 4.92. The van der Waals surface area contributed by atoms with Gasteiger partial charge < -0.3 is 9.29 Å². The molecule has 0 fully saturated rings. The fraction of sp³-hybridized carbons (Fsp3) is 0.833. The van der Waals surface area contributed by atoms with E-state index < -0.39 is 23.0 Å². The van der Waals surface area contributed by atoms with E-state index >= 15 is 0 Å². The Bertz CT molecular complexity index is 157. The molecule has 0 amide bonds. The summed E-state index contributed by atoms with van der Waals surface area (Å²) in [5.74, 6) is -0.977. The van der Waals surface area contributed by atoms with Gasteiger partial charge in [0.05, 0.1) is 18.3 Å². The second kappa shape index (κ2) is 5.26. The van der Waals surface area contributed by atoms with Crippen LogP contribution in [-0.4, -0.2) is 27.1 Å². The lowest BCUT2D eigenvalue weighted by Gasteiger charge is -2.06. The Morgan fingerprint density at radius 3 is 2.64 bits per heavy atom. The molecule has 2 atom stereocenters. The lowest BCUT2D eigenvalue weighted by molar-refractivity contribution is -0.146. The van der Waals surface area contributed by atoms with Crippen molar-refractivity contribution in [2.45, 2.75) is 13.8 Å². The molecule has 0 saturated heterocycles. The Hall–Kier alpha value is -0.420. The lowest BCUT2D eigenvalue weighted by Crippen LogP contribution is -2.20. The molecule has 0 aromatic rings. The SMILES string of the molecule is CCOC(=O)C(C)CS(=O)O. The van der Waals surface area contributed by atoms with Gasteiger partial charge in [-0.1, -0.05) is 6.92 Å². The van der Waals surface area contributed by atoms with Gasteiger partial charge in [0.15, 0.2) is 11.1 Å². The first kappa shape index (κ1) is 10.6. The molecule has 0 radical (unpaired) electrons. The molecule has 0 aromatic carbocycles. The second-order valence-corrected chi connectivity index (χ2v) is 3.12. The molecule has 1 N–H and O–H groups in total. The maximum Gasteiger partial charge on any atom is 0.309 e. The van der Waals surface area contributed by atoms with Gasteiger partial charge in [0, 0.05) is 0 Å². The van der Waals surface area contributed by atoms with Crippen LogP contribution in [0.4, 0.5) is 0 Å². The van der Waals surface area contributed by atoms with Crippen molar-refractivity contribution in [1.29, 1.82) is 0 Å².